The van der Waals surface area contributed by atoms with E-state index in [4.69, 9.17) is 14.6 Å². The van der Waals surface area contributed by atoms with E-state index in [0.29, 0.717) is 5.75 Å². The molecule has 0 radical (unpaired) electrons. The van der Waals surface area contributed by atoms with Gasteiger partial charge in [0.1, 0.15) is 17.1 Å². The van der Waals surface area contributed by atoms with Gasteiger partial charge in [-0.3, -0.25) is 0 Å². The molecule has 0 aliphatic heterocycles. The van der Waals surface area contributed by atoms with Crippen molar-refractivity contribution < 1.29 is 24.2 Å². The third-order valence-corrected chi connectivity index (χ3v) is 2.62. The fourth-order valence-corrected chi connectivity index (χ4v) is 1.67. The van der Waals surface area contributed by atoms with Crippen molar-refractivity contribution in [2.75, 3.05) is 7.11 Å². The maximum Gasteiger partial charge on any atom is 0.347 e. The molecule has 20 heavy (non-hydrogen) atoms. The molecule has 5 nitrogen and oxygen atoms in total. The van der Waals surface area contributed by atoms with Crippen molar-refractivity contribution in [2.45, 2.75) is 0 Å². The highest BCUT2D eigenvalue weighted by molar-refractivity contribution is 5.94. The second-order valence-electron chi connectivity index (χ2n) is 3.92. The molecule has 0 spiro atoms. The number of esters is 1. The van der Waals surface area contributed by atoms with Gasteiger partial charge in [-0.15, -0.1) is 0 Å². The predicted molar refractivity (Wildman–Crippen MR) is 71.4 cm³/mol. The van der Waals surface area contributed by atoms with Gasteiger partial charge in [-0.1, -0.05) is 18.2 Å². The highest BCUT2D eigenvalue weighted by Crippen LogP contribution is 2.21. The summed E-state index contributed by atoms with van der Waals surface area (Å²) < 4.78 is 10.2. The molecule has 0 aliphatic carbocycles. The first-order valence-electron chi connectivity index (χ1n) is 5.80. The van der Waals surface area contributed by atoms with Crippen molar-refractivity contribution in [1.29, 1.82) is 0 Å². The molecular weight excluding hydrogens is 260 g/mol. The van der Waals surface area contributed by atoms with E-state index in [1.807, 2.05) is 0 Å². The normalized spacial score (nSPS) is 9.85. The van der Waals surface area contributed by atoms with E-state index in [9.17, 15) is 9.59 Å². The Hall–Kier alpha value is -2.82. The van der Waals surface area contributed by atoms with Crippen LogP contribution in [-0.4, -0.2) is 24.2 Å². The summed E-state index contributed by atoms with van der Waals surface area (Å²) in [5.41, 5.74) is 0.325. The number of hydrogen-bond donors (Lipinski definition) is 1. The zero-order valence-corrected chi connectivity index (χ0v) is 10.7. The minimum absolute atomic E-state index is 0.0512. The Morgan fingerprint density at radius 2 is 1.80 bits per heavy atom. The Labute approximate surface area is 115 Å². The Morgan fingerprint density at radius 3 is 2.50 bits per heavy atom. The van der Waals surface area contributed by atoms with Gasteiger partial charge in [-0.05, 0) is 30.3 Å². The van der Waals surface area contributed by atoms with Crippen molar-refractivity contribution in [3.63, 3.8) is 0 Å². The third kappa shape index (κ3) is 2.95. The molecule has 0 aliphatic rings. The molecule has 0 saturated heterocycles. The molecule has 0 aromatic heterocycles. The predicted octanol–water partition coefficient (Wildman–Crippen LogP) is 2.61. The van der Waals surface area contributed by atoms with Crippen LogP contribution >= 0.6 is 0 Å². The van der Waals surface area contributed by atoms with E-state index in [-0.39, 0.29) is 16.9 Å². The average Bonchev–Trinajstić information content (AvgIpc) is 2.47. The van der Waals surface area contributed by atoms with Gasteiger partial charge < -0.3 is 14.6 Å². The maximum absolute atomic E-state index is 12.0. The van der Waals surface area contributed by atoms with Crippen molar-refractivity contribution in [3.8, 4) is 11.5 Å². The van der Waals surface area contributed by atoms with Crippen LogP contribution in [0.25, 0.3) is 0 Å². The molecule has 0 saturated carbocycles. The van der Waals surface area contributed by atoms with Gasteiger partial charge in [0, 0.05) is 0 Å². The van der Waals surface area contributed by atoms with E-state index < -0.39 is 11.9 Å². The number of carbonyl (C=O) groups excluding carboxylic acids is 1. The lowest BCUT2D eigenvalue weighted by atomic mass is 10.2. The average molecular weight is 272 g/mol. The zero-order chi connectivity index (χ0) is 14.5. The van der Waals surface area contributed by atoms with Crippen LogP contribution in [0.15, 0.2) is 48.5 Å². The number of carboxylic acids is 1. The van der Waals surface area contributed by atoms with E-state index >= 15 is 0 Å². The maximum atomic E-state index is 12.0. The van der Waals surface area contributed by atoms with Crippen LogP contribution < -0.4 is 9.47 Å². The van der Waals surface area contributed by atoms with Crippen LogP contribution in [-0.2, 0) is 0 Å². The van der Waals surface area contributed by atoms with Gasteiger partial charge in [0.2, 0.25) is 0 Å². The summed E-state index contributed by atoms with van der Waals surface area (Å²) in [7, 11) is 1.46. The Kier molecular flexibility index (Phi) is 4.00. The summed E-state index contributed by atoms with van der Waals surface area (Å²) in [6.07, 6.45) is 0. The molecular formula is C15H12O5. The standard InChI is InChI=1S/C15H12O5/c1-19-13-8-3-2-7-12(13)15(18)20-11-6-4-5-10(9-11)14(16)17/h2-9H,1H3,(H,16,17). The van der Waals surface area contributed by atoms with Gasteiger partial charge in [0.25, 0.3) is 0 Å². The third-order valence-electron chi connectivity index (χ3n) is 2.62. The molecule has 0 fully saturated rings. The topological polar surface area (TPSA) is 72.8 Å². The second-order valence-corrected chi connectivity index (χ2v) is 3.92. The number of hydrogen-bond acceptors (Lipinski definition) is 4. The largest absolute Gasteiger partial charge is 0.496 e. The zero-order valence-electron chi connectivity index (χ0n) is 10.7. The Balaban J connectivity index is 2.23. The number of para-hydroxylation sites is 1. The minimum Gasteiger partial charge on any atom is -0.496 e. The fraction of sp³-hybridized carbons (Fsp3) is 0.0667. The Bertz CT molecular complexity index is 648. The van der Waals surface area contributed by atoms with E-state index in [1.165, 1.54) is 31.4 Å². The fourth-order valence-electron chi connectivity index (χ4n) is 1.67. The molecule has 0 atom stereocenters. The molecule has 0 amide bonds. The van der Waals surface area contributed by atoms with Gasteiger partial charge in [-0.25, -0.2) is 9.59 Å². The van der Waals surface area contributed by atoms with Gasteiger partial charge in [-0.2, -0.15) is 0 Å². The summed E-state index contributed by atoms with van der Waals surface area (Å²) in [6, 6.07) is 12.4. The molecule has 0 heterocycles. The van der Waals surface area contributed by atoms with Crippen LogP contribution in [0.2, 0.25) is 0 Å². The van der Waals surface area contributed by atoms with Crippen LogP contribution in [0.1, 0.15) is 20.7 Å². The van der Waals surface area contributed by atoms with Crippen molar-refractivity contribution in [1.82, 2.24) is 0 Å². The quantitative estimate of drug-likeness (QED) is 0.684. The van der Waals surface area contributed by atoms with E-state index in [2.05, 4.69) is 0 Å². The molecule has 102 valence electrons. The van der Waals surface area contributed by atoms with Gasteiger partial charge in [0.05, 0.1) is 12.7 Å². The number of aromatic carboxylic acids is 1. The smallest absolute Gasteiger partial charge is 0.347 e. The van der Waals surface area contributed by atoms with Crippen molar-refractivity contribution >= 4 is 11.9 Å². The number of rotatable bonds is 4. The van der Waals surface area contributed by atoms with Gasteiger partial charge >= 0.3 is 11.9 Å². The summed E-state index contributed by atoms with van der Waals surface area (Å²) in [5, 5.41) is 8.88. The van der Waals surface area contributed by atoms with E-state index in [0.717, 1.165) is 0 Å². The lowest BCUT2D eigenvalue weighted by Crippen LogP contribution is -2.10. The van der Waals surface area contributed by atoms with Crippen molar-refractivity contribution in [3.05, 3.63) is 59.7 Å². The molecule has 1 N–H and O–H groups in total. The molecule has 0 unspecified atom stereocenters. The number of benzene rings is 2. The minimum atomic E-state index is -1.08. The van der Waals surface area contributed by atoms with Crippen LogP contribution in [0.5, 0.6) is 11.5 Å². The first-order chi connectivity index (χ1) is 9.61. The summed E-state index contributed by atoms with van der Waals surface area (Å²) in [6.45, 7) is 0. The van der Waals surface area contributed by atoms with Crippen molar-refractivity contribution in [2.24, 2.45) is 0 Å². The molecule has 2 rings (SSSR count). The first-order valence-corrected chi connectivity index (χ1v) is 5.80. The van der Waals surface area contributed by atoms with Crippen LogP contribution in [0, 0.1) is 0 Å². The summed E-state index contributed by atoms with van der Waals surface area (Å²) >= 11 is 0. The highest BCUT2D eigenvalue weighted by Gasteiger charge is 2.14. The lowest BCUT2D eigenvalue weighted by molar-refractivity contribution is 0.0687. The first kappa shape index (κ1) is 13.6. The molecule has 2 aromatic carbocycles. The van der Waals surface area contributed by atoms with Crippen LogP contribution in [0.4, 0.5) is 0 Å². The monoisotopic (exact) mass is 272 g/mol. The number of ether oxygens (including phenoxy) is 2. The summed E-state index contributed by atoms with van der Waals surface area (Å²) in [4.78, 5) is 22.9. The van der Waals surface area contributed by atoms with E-state index in [1.54, 1.807) is 24.3 Å². The molecule has 0 bridgehead atoms. The molecule has 5 heteroatoms. The number of carbonyl (C=O) groups is 2. The second kappa shape index (κ2) is 5.88. The highest BCUT2D eigenvalue weighted by atomic mass is 16.5. The molecule has 2 aromatic rings. The number of carboxylic acid groups (broad SMARTS) is 1. The lowest BCUT2D eigenvalue weighted by Gasteiger charge is -2.08. The van der Waals surface area contributed by atoms with Crippen LogP contribution in [0.3, 0.4) is 0 Å². The summed E-state index contributed by atoms with van der Waals surface area (Å²) in [5.74, 6) is -1.13. The SMILES string of the molecule is COc1ccccc1C(=O)Oc1cccc(C(=O)O)c1. The van der Waals surface area contributed by atoms with Gasteiger partial charge in [0.15, 0.2) is 0 Å². The Morgan fingerprint density at radius 1 is 1.05 bits per heavy atom. The number of methoxy groups -OCH3 is 1.